The molecule has 4 N–H and O–H groups in total. The average Bonchev–Trinajstić information content (AvgIpc) is 3.00. The van der Waals surface area contributed by atoms with Crippen LogP contribution in [0.2, 0.25) is 0 Å². The van der Waals surface area contributed by atoms with E-state index in [1.807, 2.05) is 0 Å². The first kappa shape index (κ1) is 45.2. The lowest BCUT2D eigenvalue weighted by Crippen LogP contribution is -2.04. The molecule has 0 aliphatic carbocycles. The highest BCUT2D eigenvalue weighted by atomic mass is 16.4. The fourth-order valence-electron chi connectivity index (χ4n) is 5.17. The fraction of sp³-hybridized carbons (Fsp3) is 0.737. The summed E-state index contributed by atoms with van der Waals surface area (Å²) in [5, 5.41) is 34.8. The van der Waals surface area contributed by atoms with Crippen LogP contribution in [-0.4, -0.2) is 44.3 Å². The summed E-state index contributed by atoms with van der Waals surface area (Å²) < 4.78 is 0. The maximum absolute atomic E-state index is 10.8. The number of rotatable bonds is 31. The molecule has 0 radical (unpaired) electrons. The lowest BCUT2D eigenvalue weighted by molar-refractivity contribution is -0.135. The number of carbonyl (C=O) groups is 4. The molecule has 0 aromatic carbocycles. The van der Waals surface area contributed by atoms with Crippen molar-refractivity contribution in [1.82, 2.24) is 0 Å². The van der Waals surface area contributed by atoms with E-state index in [9.17, 15) is 19.2 Å². The quantitative estimate of drug-likeness (QED) is 0.0329. The van der Waals surface area contributed by atoms with E-state index in [4.69, 9.17) is 20.4 Å². The summed E-state index contributed by atoms with van der Waals surface area (Å²) in [7, 11) is 0. The molecule has 0 heterocycles. The molecule has 0 bridgehead atoms. The molecule has 266 valence electrons. The first-order valence-electron chi connectivity index (χ1n) is 18.2. The maximum atomic E-state index is 10.8. The van der Waals surface area contributed by atoms with E-state index in [-0.39, 0.29) is 11.1 Å². The van der Waals surface area contributed by atoms with Crippen LogP contribution in [0.25, 0.3) is 0 Å². The number of unbranched alkanes of at least 4 members (excludes halogenated alkanes) is 23. The van der Waals surface area contributed by atoms with Gasteiger partial charge in [-0.05, 0) is 25.7 Å². The zero-order valence-corrected chi connectivity index (χ0v) is 29.1. The van der Waals surface area contributed by atoms with Gasteiger partial charge in [-0.3, -0.25) is 0 Å². The van der Waals surface area contributed by atoms with Crippen molar-refractivity contribution in [1.29, 1.82) is 0 Å². The van der Waals surface area contributed by atoms with Crippen LogP contribution < -0.4 is 0 Å². The highest BCUT2D eigenvalue weighted by molar-refractivity contribution is 5.97. The van der Waals surface area contributed by atoms with Crippen LogP contribution in [0, 0.1) is 0 Å². The molecule has 8 heteroatoms. The number of hydrogen-bond acceptors (Lipinski definition) is 4. The van der Waals surface area contributed by atoms with E-state index in [1.165, 1.54) is 128 Å². The Morgan fingerprint density at radius 1 is 0.435 bits per heavy atom. The standard InChI is InChI=1S/C22H38O4.C16H28O4/c1-2-3-4-5-6-7-8-9-10-11-12-13-14-15-16-17-18-20(22(25)26)19-21(23)24;1-2-3-4-5-6-7-8-9-10-11-12-14(16(19)20)13-15(17)18/h17-19H,2-16H2,1H3,(H,23,24)(H,25,26);13H,2-12H2,1H3,(H,17,18)(H,19,20). The Bertz CT molecular complexity index is 872. The molecule has 0 aliphatic heterocycles. The van der Waals surface area contributed by atoms with Gasteiger partial charge >= 0.3 is 23.9 Å². The normalized spacial score (nSPS) is 11.8. The van der Waals surface area contributed by atoms with Gasteiger partial charge in [-0.1, -0.05) is 167 Å². The second-order valence-corrected chi connectivity index (χ2v) is 12.3. The Hall–Kier alpha value is -2.90. The molecule has 0 saturated heterocycles. The summed E-state index contributed by atoms with van der Waals surface area (Å²) in [5.74, 6) is -4.74. The van der Waals surface area contributed by atoms with Crippen LogP contribution in [0.15, 0.2) is 35.5 Å². The summed E-state index contributed by atoms with van der Waals surface area (Å²) in [6.07, 6.45) is 36.0. The molecular formula is C38H66O8. The molecule has 0 aromatic rings. The zero-order chi connectivity index (χ0) is 34.7. The van der Waals surface area contributed by atoms with Crippen LogP contribution in [0.1, 0.15) is 181 Å². The van der Waals surface area contributed by atoms with Gasteiger partial charge in [-0.25, -0.2) is 19.2 Å². The van der Waals surface area contributed by atoms with E-state index < -0.39 is 23.9 Å². The molecule has 0 unspecified atom stereocenters. The number of hydrogen-bond donors (Lipinski definition) is 4. The van der Waals surface area contributed by atoms with Crippen LogP contribution in [0.4, 0.5) is 0 Å². The third kappa shape index (κ3) is 35.6. The largest absolute Gasteiger partial charge is 0.478 e. The molecule has 0 spiro atoms. The zero-order valence-electron chi connectivity index (χ0n) is 29.1. The van der Waals surface area contributed by atoms with Gasteiger partial charge in [0.1, 0.15) is 0 Å². The molecule has 0 amide bonds. The van der Waals surface area contributed by atoms with Crippen molar-refractivity contribution in [2.45, 2.75) is 181 Å². The minimum atomic E-state index is -1.23. The Labute approximate surface area is 279 Å². The Balaban J connectivity index is 0. The van der Waals surface area contributed by atoms with Crippen LogP contribution in [0.3, 0.4) is 0 Å². The van der Waals surface area contributed by atoms with Crippen molar-refractivity contribution in [3.05, 3.63) is 35.5 Å². The summed E-state index contributed by atoms with van der Waals surface area (Å²) in [6.45, 7) is 4.47. The molecule has 8 nitrogen and oxygen atoms in total. The van der Waals surface area contributed by atoms with Crippen molar-refractivity contribution < 1.29 is 39.6 Å². The molecule has 0 aliphatic rings. The second-order valence-electron chi connectivity index (χ2n) is 12.3. The number of carboxylic acid groups (broad SMARTS) is 4. The first-order chi connectivity index (χ1) is 22.1. The predicted octanol–water partition coefficient (Wildman–Crippen LogP) is 10.9. The van der Waals surface area contributed by atoms with E-state index >= 15 is 0 Å². The Kier molecular flexibility index (Phi) is 34.4. The number of carboxylic acids is 4. The number of allylic oxidation sites excluding steroid dienone is 1. The minimum absolute atomic E-state index is 0.00272. The predicted molar refractivity (Wildman–Crippen MR) is 187 cm³/mol. The smallest absolute Gasteiger partial charge is 0.335 e. The van der Waals surface area contributed by atoms with Crippen molar-refractivity contribution in [3.8, 4) is 0 Å². The van der Waals surface area contributed by atoms with Gasteiger partial charge in [0.15, 0.2) is 0 Å². The molecule has 46 heavy (non-hydrogen) atoms. The Morgan fingerprint density at radius 3 is 1.11 bits per heavy atom. The third-order valence-electron chi connectivity index (χ3n) is 7.92. The van der Waals surface area contributed by atoms with E-state index in [1.54, 1.807) is 6.08 Å². The van der Waals surface area contributed by atoms with E-state index in [0.29, 0.717) is 6.42 Å². The summed E-state index contributed by atoms with van der Waals surface area (Å²) in [4.78, 5) is 42.6. The van der Waals surface area contributed by atoms with E-state index in [0.717, 1.165) is 50.7 Å². The van der Waals surface area contributed by atoms with Crippen molar-refractivity contribution in [2.24, 2.45) is 0 Å². The lowest BCUT2D eigenvalue weighted by atomic mass is 10.0. The van der Waals surface area contributed by atoms with Gasteiger partial charge < -0.3 is 20.4 Å². The minimum Gasteiger partial charge on any atom is -0.478 e. The Morgan fingerprint density at radius 2 is 0.783 bits per heavy atom. The highest BCUT2D eigenvalue weighted by Crippen LogP contribution is 2.15. The molecule has 0 fully saturated rings. The second kappa shape index (κ2) is 35.0. The molecule has 0 atom stereocenters. The first-order valence-corrected chi connectivity index (χ1v) is 18.2. The summed E-state index contributed by atoms with van der Waals surface area (Å²) >= 11 is 0. The van der Waals surface area contributed by atoms with Crippen LogP contribution in [0.5, 0.6) is 0 Å². The molecule has 0 rings (SSSR count). The average molecular weight is 651 g/mol. The molecule has 0 saturated carbocycles. The van der Waals surface area contributed by atoms with Crippen molar-refractivity contribution in [3.63, 3.8) is 0 Å². The monoisotopic (exact) mass is 650 g/mol. The van der Waals surface area contributed by atoms with Gasteiger partial charge in [-0.2, -0.15) is 0 Å². The van der Waals surface area contributed by atoms with Gasteiger partial charge in [0.05, 0.1) is 5.57 Å². The molecule has 0 aromatic heterocycles. The fourth-order valence-corrected chi connectivity index (χ4v) is 5.17. The lowest BCUT2D eigenvalue weighted by Gasteiger charge is -2.03. The van der Waals surface area contributed by atoms with E-state index in [2.05, 4.69) is 13.8 Å². The van der Waals surface area contributed by atoms with Crippen molar-refractivity contribution >= 4 is 23.9 Å². The van der Waals surface area contributed by atoms with Crippen molar-refractivity contribution in [2.75, 3.05) is 0 Å². The third-order valence-corrected chi connectivity index (χ3v) is 7.92. The van der Waals surface area contributed by atoms with Gasteiger partial charge in [-0.15, -0.1) is 0 Å². The summed E-state index contributed by atoms with van der Waals surface area (Å²) in [5.41, 5.74) is -0.181. The highest BCUT2D eigenvalue weighted by Gasteiger charge is 2.09. The number of aliphatic carboxylic acids is 4. The SMILES string of the molecule is CCCCCCCCCCCCC(=CC(=O)O)C(=O)O.CCCCCCCCCCCCCCCCC=CC(=CC(=O)O)C(=O)O. The van der Waals surface area contributed by atoms with Gasteiger partial charge in [0.25, 0.3) is 0 Å². The van der Waals surface area contributed by atoms with Gasteiger partial charge in [0, 0.05) is 17.7 Å². The van der Waals surface area contributed by atoms with Crippen LogP contribution in [-0.2, 0) is 19.2 Å². The van der Waals surface area contributed by atoms with Gasteiger partial charge in [0.2, 0.25) is 0 Å². The van der Waals surface area contributed by atoms with Crippen LogP contribution >= 0.6 is 0 Å². The molecular weight excluding hydrogens is 584 g/mol. The topological polar surface area (TPSA) is 149 Å². The summed E-state index contributed by atoms with van der Waals surface area (Å²) in [6, 6.07) is 0. The maximum Gasteiger partial charge on any atom is 0.335 e.